The fourth-order valence-electron chi connectivity index (χ4n) is 2.20. The van der Waals surface area contributed by atoms with Gasteiger partial charge in [-0.25, -0.2) is 14.6 Å². The number of amides is 1. The minimum atomic E-state index is -0.0269. The molecule has 0 aliphatic heterocycles. The number of aromatic nitrogens is 4. The number of fused-ring (bicyclic) bond motifs is 1. The van der Waals surface area contributed by atoms with Crippen molar-refractivity contribution in [1.29, 1.82) is 0 Å². The third-order valence-corrected chi connectivity index (χ3v) is 4.10. The van der Waals surface area contributed by atoms with Crippen molar-refractivity contribution in [1.82, 2.24) is 25.1 Å². The molecule has 8 nitrogen and oxygen atoms in total. The van der Waals surface area contributed by atoms with Gasteiger partial charge in [-0.15, -0.1) is 0 Å². The minimum absolute atomic E-state index is 0.0269. The lowest BCUT2D eigenvalue weighted by atomic mass is 10.2. The minimum Gasteiger partial charge on any atom is -0.380 e. The molecule has 2 aromatic heterocycles. The van der Waals surface area contributed by atoms with E-state index in [4.69, 9.17) is 4.74 Å². The van der Waals surface area contributed by atoms with Crippen LogP contribution in [0.25, 0.3) is 11.0 Å². The molecule has 0 radical (unpaired) electrons. The molecule has 0 atom stereocenters. The summed E-state index contributed by atoms with van der Waals surface area (Å²) in [6.07, 6.45) is 3.70. The quantitative estimate of drug-likeness (QED) is 0.376. The molecule has 2 aromatic rings. The lowest BCUT2D eigenvalue weighted by Crippen LogP contribution is -2.30. The fraction of sp³-hybridized carbons (Fsp3) is 0.625. The Hall–Kier alpha value is -1.87. The average Bonchev–Trinajstić information content (AvgIpc) is 3.01. The largest absolute Gasteiger partial charge is 0.380 e. The maximum absolute atomic E-state index is 11.7. The summed E-state index contributed by atoms with van der Waals surface area (Å²) < 4.78 is 7.15. The topological polar surface area (TPSA) is 94.0 Å². The molecule has 25 heavy (non-hydrogen) atoms. The number of hydrogen-bond acceptors (Lipinski definition) is 7. The Bertz CT molecular complexity index is 703. The molecule has 0 saturated heterocycles. The molecular weight excluding hydrogens is 340 g/mol. The van der Waals surface area contributed by atoms with Crippen LogP contribution in [0.15, 0.2) is 11.4 Å². The van der Waals surface area contributed by atoms with E-state index in [0.717, 1.165) is 16.9 Å². The number of ether oxygens (including phenoxy) is 1. The molecular formula is C16H26N6O2S. The maximum Gasteiger partial charge on any atom is 0.222 e. The molecule has 0 unspecified atom stereocenters. The molecule has 0 aromatic carbocycles. The molecule has 0 spiro atoms. The molecule has 9 heteroatoms. The first-order valence-electron chi connectivity index (χ1n) is 8.43. The zero-order valence-electron chi connectivity index (χ0n) is 15.2. The molecule has 0 bridgehead atoms. The monoisotopic (exact) mass is 366 g/mol. The van der Waals surface area contributed by atoms with E-state index in [9.17, 15) is 4.79 Å². The van der Waals surface area contributed by atoms with Gasteiger partial charge in [0.1, 0.15) is 5.82 Å². The van der Waals surface area contributed by atoms with E-state index >= 15 is 0 Å². The van der Waals surface area contributed by atoms with Gasteiger partial charge in [0.15, 0.2) is 10.8 Å². The number of anilines is 1. The smallest absolute Gasteiger partial charge is 0.222 e. The molecule has 2 N–H and O–H groups in total. The molecule has 0 saturated carbocycles. The van der Waals surface area contributed by atoms with Crippen LogP contribution in [0.4, 0.5) is 5.82 Å². The van der Waals surface area contributed by atoms with Crippen molar-refractivity contribution in [3.63, 3.8) is 0 Å². The predicted octanol–water partition coefficient (Wildman–Crippen LogP) is 1.77. The summed E-state index contributed by atoms with van der Waals surface area (Å²) in [6, 6.07) is 0. The molecule has 2 rings (SSSR count). The molecule has 2 heterocycles. The van der Waals surface area contributed by atoms with Crippen molar-refractivity contribution < 1.29 is 9.53 Å². The maximum atomic E-state index is 11.7. The highest BCUT2D eigenvalue weighted by Crippen LogP contribution is 2.23. The standard InChI is InChI=1S/C16H26N6O2S/c1-5-24-9-7-17-13-12-10-19-22(8-6-18-15(23)11(2)3)14(12)21-16(20-13)25-4/h10-11H,5-9H2,1-4H3,(H,18,23)(H,17,20,21). The normalized spacial score (nSPS) is 11.2. The molecule has 0 aliphatic carbocycles. The van der Waals surface area contributed by atoms with Gasteiger partial charge >= 0.3 is 0 Å². The SMILES string of the molecule is CCOCCNc1nc(SC)nc2c1cnn2CCNC(=O)C(C)C. The second kappa shape index (κ2) is 9.57. The Morgan fingerprint density at radius 3 is 2.84 bits per heavy atom. The number of nitrogens with zero attached hydrogens (tertiary/aromatic N) is 4. The Balaban J connectivity index is 2.12. The van der Waals surface area contributed by atoms with Gasteiger partial charge in [0.2, 0.25) is 5.91 Å². The zero-order chi connectivity index (χ0) is 18.2. The van der Waals surface area contributed by atoms with Crippen LogP contribution >= 0.6 is 11.8 Å². The highest BCUT2D eigenvalue weighted by Gasteiger charge is 2.13. The van der Waals surface area contributed by atoms with Crippen LogP contribution in [0, 0.1) is 5.92 Å². The van der Waals surface area contributed by atoms with Gasteiger partial charge in [0.25, 0.3) is 0 Å². The van der Waals surface area contributed by atoms with Gasteiger partial charge < -0.3 is 15.4 Å². The summed E-state index contributed by atoms with van der Waals surface area (Å²) >= 11 is 1.48. The third kappa shape index (κ3) is 5.30. The molecule has 138 valence electrons. The van der Waals surface area contributed by atoms with Gasteiger partial charge in [0.05, 0.1) is 24.7 Å². The lowest BCUT2D eigenvalue weighted by Gasteiger charge is -2.10. The summed E-state index contributed by atoms with van der Waals surface area (Å²) in [6.45, 7) is 8.77. The van der Waals surface area contributed by atoms with Gasteiger partial charge in [-0.1, -0.05) is 25.6 Å². The van der Waals surface area contributed by atoms with E-state index in [2.05, 4.69) is 25.7 Å². The van der Waals surface area contributed by atoms with Crippen LogP contribution in [0.1, 0.15) is 20.8 Å². The Morgan fingerprint density at radius 2 is 2.16 bits per heavy atom. The number of hydrogen-bond donors (Lipinski definition) is 2. The highest BCUT2D eigenvalue weighted by molar-refractivity contribution is 7.98. The van der Waals surface area contributed by atoms with E-state index in [1.54, 1.807) is 10.9 Å². The van der Waals surface area contributed by atoms with E-state index in [1.807, 2.05) is 27.0 Å². The highest BCUT2D eigenvalue weighted by atomic mass is 32.2. The van der Waals surface area contributed by atoms with Crippen molar-refractivity contribution >= 4 is 34.5 Å². The fourth-order valence-corrected chi connectivity index (χ4v) is 2.56. The van der Waals surface area contributed by atoms with Crippen molar-refractivity contribution in [2.45, 2.75) is 32.5 Å². The van der Waals surface area contributed by atoms with Gasteiger partial charge in [-0.05, 0) is 13.2 Å². The summed E-state index contributed by atoms with van der Waals surface area (Å²) in [5, 5.41) is 12.1. The Labute approximate surface area is 152 Å². The first kappa shape index (κ1) is 19.5. The van der Waals surface area contributed by atoms with Gasteiger partial charge in [0, 0.05) is 25.6 Å². The van der Waals surface area contributed by atoms with E-state index in [1.165, 1.54) is 11.8 Å². The number of nitrogens with one attached hydrogen (secondary N) is 2. The summed E-state index contributed by atoms with van der Waals surface area (Å²) in [5.41, 5.74) is 0.761. The van der Waals surface area contributed by atoms with Crippen LogP contribution in [0.2, 0.25) is 0 Å². The number of rotatable bonds is 10. The van der Waals surface area contributed by atoms with Crippen molar-refractivity contribution in [2.75, 3.05) is 37.9 Å². The van der Waals surface area contributed by atoms with E-state index in [-0.39, 0.29) is 11.8 Å². The summed E-state index contributed by atoms with van der Waals surface area (Å²) in [5.74, 6) is 0.765. The first-order chi connectivity index (χ1) is 12.1. The number of carbonyl (C=O) groups excluding carboxylic acids is 1. The van der Waals surface area contributed by atoms with Crippen LogP contribution in [0.5, 0.6) is 0 Å². The molecule has 1 amide bonds. The third-order valence-electron chi connectivity index (χ3n) is 3.55. The Kier molecular flexibility index (Phi) is 7.45. The lowest BCUT2D eigenvalue weighted by molar-refractivity contribution is -0.124. The van der Waals surface area contributed by atoms with Crippen molar-refractivity contribution in [3.8, 4) is 0 Å². The predicted molar refractivity (Wildman–Crippen MR) is 99.9 cm³/mol. The number of thioether (sulfide) groups is 1. The number of carbonyl (C=O) groups is 1. The summed E-state index contributed by atoms with van der Waals surface area (Å²) in [4.78, 5) is 20.8. The van der Waals surface area contributed by atoms with Gasteiger partial charge in [-0.3, -0.25) is 4.79 Å². The first-order valence-corrected chi connectivity index (χ1v) is 9.66. The summed E-state index contributed by atoms with van der Waals surface area (Å²) in [7, 11) is 0. The van der Waals surface area contributed by atoms with Crippen LogP contribution < -0.4 is 10.6 Å². The molecule has 0 aliphatic rings. The second-order valence-electron chi connectivity index (χ2n) is 5.73. The zero-order valence-corrected chi connectivity index (χ0v) is 16.0. The molecule has 0 fully saturated rings. The van der Waals surface area contributed by atoms with Crippen molar-refractivity contribution in [3.05, 3.63) is 6.20 Å². The van der Waals surface area contributed by atoms with E-state index in [0.29, 0.717) is 38.0 Å². The Morgan fingerprint density at radius 1 is 1.36 bits per heavy atom. The van der Waals surface area contributed by atoms with Crippen LogP contribution in [-0.2, 0) is 16.1 Å². The van der Waals surface area contributed by atoms with Crippen LogP contribution in [-0.4, -0.2) is 58.2 Å². The van der Waals surface area contributed by atoms with Crippen LogP contribution in [0.3, 0.4) is 0 Å². The van der Waals surface area contributed by atoms with E-state index < -0.39 is 0 Å². The second-order valence-corrected chi connectivity index (χ2v) is 6.51. The van der Waals surface area contributed by atoms with Gasteiger partial charge in [-0.2, -0.15) is 5.10 Å². The van der Waals surface area contributed by atoms with Crippen molar-refractivity contribution in [2.24, 2.45) is 5.92 Å². The average molecular weight is 366 g/mol.